The van der Waals surface area contributed by atoms with E-state index in [-0.39, 0.29) is 0 Å². The quantitative estimate of drug-likeness (QED) is 0.816. The summed E-state index contributed by atoms with van der Waals surface area (Å²) in [5, 5.41) is 0. The van der Waals surface area contributed by atoms with Crippen LogP contribution in [-0.4, -0.2) is 30.6 Å². The van der Waals surface area contributed by atoms with Crippen LogP contribution in [0, 0.1) is 11.3 Å². The lowest BCUT2D eigenvalue weighted by Gasteiger charge is -2.41. The highest BCUT2D eigenvalue weighted by molar-refractivity contribution is 4.86. The monoisotopic (exact) mass is 238 g/mol. The molecular weight excluding hydrogens is 208 g/mol. The van der Waals surface area contributed by atoms with Crippen LogP contribution in [0.25, 0.3) is 0 Å². The second-order valence-corrected chi connectivity index (χ2v) is 6.45. The summed E-state index contributed by atoms with van der Waals surface area (Å²) in [6.07, 6.45) is 9.45. The standard InChI is InChI=1S/C15H30N2/c1-3-15(4-2)7-9-17(10-8-15)12-13-5-6-14(16)11-13/h13-14H,3-12,16H2,1-2H3. The van der Waals surface area contributed by atoms with Crippen LogP contribution in [0.4, 0.5) is 0 Å². The molecule has 2 unspecified atom stereocenters. The van der Waals surface area contributed by atoms with Crippen LogP contribution >= 0.6 is 0 Å². The molecule has 0 radical (unpaired) electrons. The van der Waals surface area contributed by atoms with Gasteiger partial charge in [-0.05, 0) is 56.5 Å². The maximum absolute atomic E-state index is 6.00. The first-order valence-corrected chi connectivity index (χ1v) is 7.65. The Hall–Kier alpha value is -0.0800. The molecule has 1 heterocycles. The van der Waals surface area contributed by atoms with Gasteiger partial charge in [0, 0.05) is 12.6 Å². The van der Waals surface area contributed by atoms with E-state index in [0.717, 1.165) is 5.92 Å². The average Bonchev–Trinajstić information content (AvgIpc) is 2.76. The summed E-state index contributed by atoms with van der Waals surface area (Å²) in [7, 11) is 0. The fraction of sp³-hybridized carbons (Fsp3) is 1.00. The predicted octanol–water partition coefficient (Wildman–Crippen LogP) is 3.02. The maximum Gasteiger partial charge on any atom is 0.00420 e. The number of hydrogen-bond acceptors (Lipinski definition) is 2. The van der Waals surface area contributed by atoms with E-state index in [1.807, 2.05) is 0 Å². The first-order valence-electron chi connectivity index (χ1n) is 7.65. The molecule has 2 aliphatic rings. The van der Waals surface area contributed by atoms with Gasteiger partial charge in [-0.1, -0.05) is 26.7 Å². The van der Waals surface area contributed by atoms with Crippen molar-refractivity contribution >= 4 is 0 Å². The van der Waals surface area contributed by atoms with Gasteiger partial charge in [-0.3, -0.25) is 0 Å². The molecule has 0 aromatic carbocycles. The van der Waals surface area contributed by atoms with E-state index in [1.165, 1.54) is 64.6 Å². The highest BCUT2D eigenvalue weighted by Gasteiger charge is 2.32. The lowest BCUT2D eigenvalue weighted by molar-refractivity contribution is 0.0848. The van der Waals surface area contributed by atoms with E-state index in [0.29, 0.717) is 11.5 Å². The Morgan fingerprint density at radius 3 is 2.24 bits per heavy atom. The molecule has 0 aromatic rings. The maximum atomic E-state index is 6.00. The van der Waals surface area contributed by atoms with Crippen LogP contribution < -0.4 is 5.73 Å². The molecule has 2 heteroatoms. The van der Waals surface area contributed by atoms with Crippen molar-refractivity contribution < 1.29 is 0 Å². The summed E-state index contributed by atoms with van der Waals surface area (Å²) in [4.78, 5) is 2.70. The molecule has 0 amide bonds. The van der Waals surface area contributed by atoms with Crippen molar-refractivity contribution in [2.75, 3.05) is 19.6 Å². The van der Waals surface area contributed by atoms with Gasteiger partial charge in [-0.25, -0.2) is 0 Å². The highest BCUT2D eigenvalue weighted by atomic mass is 15.1. The van der Waals surface area contributed by atoms with Crippen molar-refractivity contribution in [1.29, 1.82) is 0 Å². The SMILES string of the molecule is CCC1(CC)CCN(CC2CCC(N)C2)CC1. The predicted molar refractivity (Wildman–Crippen MR) is 74.0 cm³/mol. The summed E-state index contributed by atoms with van der Waals surface area (Å²) in [5.41, 5.74) is 6.67. The summed E-state index contributed by atoms with van der Waals surface area (Å²) in [5.74, 6) is 0.890. The third-order valence-corrected chi connectivity index (χ3v) is 5.51. The summed E-state index contributed by atoms with van der Waals surface area (Å²) in [6.45, 7) is 8.71. The Labute approximate surface area is 107 Å². The van der Waals surface area contributed by atoms with Crippen molar-refractivity contribution in [3.8, 4) is 0 Å². The van der Waals surface area contributed by atoms with Crippen molar-refractivity contribution in [3.05, 3.63) is 0 Å². The molecule has 100 valence electrons. The fourth-order valence-electron chi connectivity index (χ4n) is 3.81. The van der Waals surface area contributed by atoms with E-state index in [2.05, 4.69) is 18.7 Å². The molecule has 0 aromatic heterocycles. The van der Waals surface area contributed by atoms with Gasteiger partial charge in [0.1, 0.15) is 0 Å². The zero-order valence-corrected chi connectivity index (χ0v) is 11.8. The zero-order chi connectivity index (χ0) is 12.3. The number of hydrogen-bond donors (Lipinski definition) is 1. The largest absolute Gasteiger partial charge is 0.328 e. The minimum Gasteiger partial charge on any atom is -0.328 e. The first-order chi connectivity index (χ1) is 8.17. The van der Waals surface area contributed by atoms with Gasteiger partial charge in [-0.2, -0.15) is 0 Å². The number of piperidine rings is 1. The topological polar surface area (TPSA) is 29.3 Å². The van der Waals surface area contributed by atoms with E-state index < -0.39 is 0 Å². The minimum absolute atomic E-state index is 0.496. The van der Waals surface area contributed by atoms with Crippen LogP contribution in [0.3, 0.4) is 0 Å². The molecule has 2 fully saturated rings. The van der Waals surface area contributed by atoms with Gasteiger partial charge in [0.2, 0.25) is 0 Å². The summed E-state index contributed by atoms with van der Waals surface area (Å²) < 4.78 is 0. The Morgan fingerprint density at radius 2 is 1.76 bits per heavy atom. The lowest BCUT2D eigenvalue weighted by atomic mass is 9.74. The number of likely N-dealkylation sites (tertiary alicyclic amines) is 1. The lowest BCUT2D eigenvalue weighted by Crippen LogP contribution is -2.41. The van der Waals surface area contributed by atoms with Crippen LogP contribution in [0.2, 0.25) is 0 Å². The second kappa shape index (κ2) is 5.71. The molecular formula is C15H30N2. The van der Waals surface area contributed by atoms with Crippen molar-refractivity contribution in [2.45, 2.75) is 64.8 Å². The first kappa shape index (κ1) is 13.4. The van der Waals surface area contributed by atoms with Crippen molar-refractivity contribution in [3.63, 3.8) is 0 Å². The smallest absolute Gasteiger partial charge is 0.00420 e. The molecule has 2 nitrogen and oxygen atoms in total. The van der Waals surface area contributed by atoms with Crippen molar-refractivity contribution in [2.24, 2.45) is 17.1 Å². The number of nitrogens with two attached hydrogens (primary N) is 1. The molecule has 17 heavy (non-hydrogen) atoms. The molecule has 1 saturated heterocycles. The van der Waals surface area contributed by atoms with E-state index in [1.54, 1.807) is 0 Å². The third-order valence-electron chi connectivity index (χ3n) is 5.51. The van der Waals surface area contributed by atoms with Crippen molar-refractivity contribution in [1.82, 2.24) is 4.90 Å². The molecule has 1 aliphatic heterocycles. The van der Waals surface area contributed by atoms with Gasteiger partial charge in [-0.15, -0.1) is 0 Å². The second-order valence-electron chi connectivity index (χ2n) is 6.45. The molecule has 1 saturated carbocycles. The molecule has 2 rings (SSSR count). The van der Waals surface area contributed by atoms with Crippen LogP contribution in [0.1, 0.15) is 58.8 Å². The van der Waals surface area contributed by atoms with Crippen LogP contribution in [0.5, 0.6) is 0 Å². The summed E-state index contributed by atoms with van der Waals surface area (Å²) >= 11 is 0. The van der Waals surface area contributed by atoms with Gasteiger partial charge in [0.25, 0.3) is 0 Å². The summed E-state index contributed by atoms with van der Waals surface area (Å²) in [6, 6.07) is 0.496. The van der Waals surface area contributed by atoms with Gasteiger partial charge < -0.3 is 10.6 Å². The van der Waals surface area contributed by atoms with Gasteiger partial charge in [0.05, 0.1) is 0 Å². The van der Waals surface area contributed by atoms with Crippen LogP contribution in [-0.2, 0) is 0 Å². The van der Waals surface area contributed by atoms with E-state index in [4.69, 9.17) is 5.73 Å². The van der Waals surface area contributed by atoms with E-state index in [9.17, 15) is 0 Å². The highest BCUT2D eigenvalue weighted by Crippen LogP contribution is 2.38. The number of nitrogens with zero attached hydrogens (tertiary/aromatic N) is 1. The Balaban J connectivity index is 1.75. The molecule has 2 N–H and O–H groups in total. The zero-order valence-electron chi connectivity index (χ0n) is 11.8. The minimum atomic E-state index is 0.496. The van der Waals surface area contributed by atoms with Crippen LogP contribution in [0.15, 0.2) is 0 Å². The number of rotatable bonds is 4. The van der Waals surface area contributed by atoms with Gasteiger partial charge >= 0.3 is 0 Å². The Bertz CT molecular complexity index is 225. The Morgan fingerprint density at radius 1 is 1.12 bits per heavy atom. The molecule has 1 aliphatic carbocycles. The molecule has 0 bridgehead atoms. The normalized spacial score (nSPS) is 34.1. The Kier molecular flexibility index (Phi) is 4.48. The van der Waals surface area contributed by atoms with E-state index >= 15 is 0 Å². The molecule has 2 atom stereocenters. The van der Waals surface area contributed by atoms with Gasteiger partial charge in [0.15, 0.2) is 0 Å². The molecule has 0 spiro atoms. The third kappa shape index (κ3) is 3.23. The average molecular weight is 238 g/mol. The fourth-order valence-corrected chi connectivity index (χ4v) is 3.81.